The van der Waals surface area contributed by atoms with E-state index in [4.69, 9.17) is 11.6 Å². The molecule has 0 fully saturated rings. The molecule has 4 rings (SSSR count). The number of amides is 1. The van der Waals surface area contributed by atoms with Crippen molar-refractivity contribution in [1.82, 2.24) is 24.7 Å². The maximum atomic E-state index is 13.0. The molecule has 0 saturated heterocycles. The van der Waals surface area contributed by atoms with Gasteiger partial charge in [0.05, 0.1) is 11.7 Å². The Morgan fingerprint density at radius 3 is 2.70 bits per heavy atom. The van der Waals surface area contributed by atoms with E-state index in [1.54, 1.807) is 53.5 Å². The van der Waals surface area contributed by atoms with Crippen LogP contribution in [0.5, 0.6) is 0 Å². The Labute approximate surface area is 158 Å². The third-order valence-electron chi connectivity index (χ3n) is 4.02. The molecule has 1 aromatic carbocycles. The summed E-state index contributed by atoms with van der Waals surface area (Å²) in [5, 5.41) is 3.17. The van der Waals surface area contributed by atoms with Crippen LogP contribution in [0.1, 0.15) is 16.2 Å². The molecule has 0 unspecified atom stereocenters. The van der Waals surface area contributed by atoms with Crippen LogP contribution in [-0.2, 0) is 6.54 Å². The van der Waals surface area contributed by atoms with Crippen LogP contribution in [0.4, 0.5) is 4.39 Å². The van der Waals surface area contributed by atoms with Crippen LogP contribution in [0.25, 0.3) is 16.8 Å². The van der Waals surface area contributed by atoms with Gasteiger partial charge in [-0.1, -0.05) is 23.7 Å². The standard InChI is InChI=1S/C19H13ClFN5O/c20-16-6-3-13(10-23-16)17-15-11-22-7-8-26(15)18(25-17)19(27)24-9-12-1-4-14(21)5-2-12/h1-8,10-11H,9H2,(H,24,27). The average Bonchev–Trinajstić information content (AvgIpc) is 3.08. The number of hydrogen-bond acceptors (Lipinski definition) is 4. The SMILES string of the molecule is O=C(NCc1ccc(F)cc1)c1nc(-c2ccc(Cl)nc2)c2cnccn12. The Morgan fingerprint density at radius 1 is 1.15 bits per heavy atom. The minimum atomic E-state index is -0.353. The lowest BCUT2D eigenvalue weighted by Gasteiger charge is -2.04. The van der Waals surface area contributed by atoms with Gasteiger partial charge < -0.3 is 5.32 Å². The van der Waals surface area contributed by atoms with Gasteiger partial charge >= 0.3 is 0 Å². The molecule has 4 aromatic rings. The highest BCUT2D eigenvalue weighted by Gasteiger charge is 2.18. The molecule has 134 valence electrons. The van der Waals surface area contributed by atoms with Gasteiger partial charge in [0.15, 0.2) is 0 Å². The largest absolute Gasteiger partial charge is 0.345 e. The van der Waals surface area contributed by atoms with Crippen molar-refractivity contribution >= 4 is 23.0 Å². The molecule has 0 saturated carbocycles. The van der Waals surface area contributed by atoms with E-state index in [2.05, 4.69) is 20.3 Å². The molecule has 8 heteroatoms. The Hall–Kier alpha value is -3.32. The maximum absolute atomic E-state index is 13.0. The van der Waals surface area contributed by atoms with Crippen molar-refractivity contribution < 1.29 is 9.18 Å². The third-order valence-corrected chi connectivity index (χ3v) is 4.24. The van der Waals surface area contributed by atoms with E-state index in [0.29, 0.717) is 16.4 Å². The fourth-order valence-electron chi connectivity index (χ4n) is 2.69. The first-order valence-corrected chi connectivity index (χ1v) is 8.46. The Balaban J connectivity index is 1.66. The van der Waals surface area contributed by atoms with Gasteiger partial charge in [-0.05, 0) is 29.8 Å². The van der Waals surface area contributed by atoms with Gasteiger partial charge in [0.1, 0.15) is 16.7 Å². The number of pyridine rings is 1. The van der Waals surface area contributed by atoms with E-state index in [9.17, 15) is 9.18 Å². The van der Waals surface area contributed by atoms with Crippen LogP contribution in [0, 0.1) is 5.82 Å². The van der Waals surface area contributed by atoms with Crippen LogP contribution in [0.3, 0.4) is 0 Å². The smallest absolute Gasteiger partial charge is 0.287 e. The third kappa shape index (κ3) is 3.50. The molecule has 0 radical (unpaired) electrons. The Morgan fingerprint density at radius 2 is 1.96 bits per heavy atom. The van der Waals surface area contributed by atoms with Gasteiger partial charge in [0.2, 0.25) is 5.82 Å². The number of nitrogens with zero attached hydrogens (tertiary/aromatic N) is 4. The van der Waals surface area contributed by atoms with Crippen molar-refractivity contribution in [2.24, 2.45) is 0 Å². The van der Waals surface area contributed by atoms with Crippen molar-refractivity contribution in [3.8, 4) is 11.3 Å². The van der Waals surface area contributed by atoms with Crippen molar-refractivity contribution in [2.45, 2.75) is 6.54 Å². The molecule has 0 aliphatic rings. The molecule has 1 N–H and O–H groups in total. The van der Waals surface area contributed by atoms with Crippen molar-refractivity contribution in [1.29, 1.82) is 0 Å². The minimum absolute atomic E-state index is 0.222. The molecule has 0 aliphatic carbocycles. The summed E-state index contributed by atoms with van der Waals surface area (Å²) in [6.07, 6.45) is 6.48. The summed E-state index contributed by atoms with van der Waals surface area (Å²) < 4.78 is 14.7. The van der Waals surface area contributed by atoms with E-state index in [-0.39, 0.29) is 24.1 Å². The topological polar surface area (TPSA) is 72.2 Å². The lowest BCUT2D eigenvalue weighted by molar-refractivity contribution is 0.0940. The molecule has 0 spiro atoms. The van der Waals surface area contributed by atoms with E-state index in [1.807, 2.05) is 0 Å². The number of hydrogen-bond donors (Lipinski definition) is 1. The number of benzene rings is 1. The fourth-order valence-corrected chi connectivity index (χ4v) is 2.80. The summed E-state index contributed by atoms with van der Waals surface area (Å²) in [6, 6.07) is 9.38. The first kappa shape index (κ1) is 17.1. The maximum Gasteiger partial charge on any atom is 0.287 e. The zero-order valence-electron chi connectivity index (χ0n) is 13.9. The highest BCUT2D eigenvalue weighted by atomic mass is 35.5. The normalized spacial score (nSPS) is 10.9. The molecule has 0 bridgehead atoms. The molecule has 3 heterocycles. The lowest BCUT2D eigenvalue weighted by Crippen LogP contribution is -2.25. The molecule has 0 atom stereocenters. The predicted octanol–water partition coefficient (Wildman–Crippen LogP) is 3.51. The number of carbonyl (C=O) groups excluding carboxylic acids is 1. The zero-order valence-corrected chi connectivity index (χ0v) is 14.7. The van der Waals surface area contributed by atoms with E-state index >= 15 is 0 Å². The van der Waals surface area contributed by atoms with E-state index in [1.165, 1.54) is 12.1 Å². The first-order chi connectivity index (χ1) is 13.1. The molecule has 1 amide bonds. The second-order valence-corrected chi connectivity index (χ2v) is 6.18. The van der Waals surface area contributed by atoms with Crippen LogP contribution in [0.2, 0.25) is 5.15 Å². The highest BCUT2D eigenvalue weighted by molar-refractivity contribution is 6.29. The lowest BCUT2D eigenvalue weighted by atomic mass is 10.2. The number of carbonyl (C=O) groups is 1. The van der Waals surface area contributed by atoms with Gasteiger partial charge in [0, 0.05) is 30.7 Å². The molecule has 3 aromatic heterocycles. The summed E-state index contributed by atoms with van der Waals surface area (Å²) in [5.74, 6) is -0.453. The van der Waals surface area contributed by atoms with Crippen molar-refractivity contribution in [2.75, 3.05) is 0 Å². The Bertz CT molecular complexity index is 1110. The highest BCUT2D eigenvalue weighted by Crippen LogP contribution is 2.24. The van der Waals surface area contributed by atoms with Gasteiger partial charge in [-0.25, -0.2) is 14.4 Å². The second kappa shape index (κ2) is 7.13. The van der Waals surface area contributed by atoms with Crippen LogP contribution >= 0.6 is 11.6 Å². The van der Waals surface area contributed by atoms with E-state index in [0.717, 1.165) is 11.1 Å². The number of halogens is 2. The number of nitrogens with one attached hydrogen (secondary N) is 1. The molecule has 27 heavy (non-hydrogen) atoms. The molecular weight excluding hydrogens is 369 g/mol. The van der Waals surface area contributed by atoms with Crippen LogP contribution in [-0.4, -0.2) is 25.3 Å². The molecular formula is C19H13ClFN5O. The summed E-state index contributed by atoms with van der Waals surface area (Å²) in [6.45, 7) is 0.261. The summed E-state index contributed by atoms with van der Waals surface area (Å²) >= 11 is 5.85. The monoisotopic (exact) mass is 381 g/mol. The average molecular weight is 382 g/mol. The van der Waals surface area contributed by atoms with Crippen LogP contribution < -0.4 is 5.32 Å². The first-order valence-electron chi connectivity index (χ1n) is 8.08. The van der Waals surface area contributed by atoms with Crippen molar-refractivity contribution in [3.05, 3.63) is 83.5 Å². The molecule has 6 nitrogen and oxygen atoms in total. The second-order valence-electron chi connectivity index (χ2n) is 5.79. The van der Waals surface area contributed by atoms with Gasteiger partial charge in [-0.2, -0.15) is 0 Å². The predicted molar refractivity (Wildman–Crippen MR) is 98.8 cm³/mol. The van der Waals surface area contributed by atoms with Crippen LogP contribution in [0.15, 0.2) is 61.2 Å². The zero-order chi connectivity index (χ0) is 18.8. The number of fused-ring (bicyclic) bond motifs is 1. The quantitative estimate of drug-likeness (QED) is 0.549. The number of aromatic nitrogens is 4. The van der Waals surface area contributed by atoms with Gasteiger partial charge in [0.25, 0.3) is 5.91 Å². The summed E-state index contributed by atoms with van der Waals surface area (Å²) in [7, 11) is 0. The van der Waals surface area contributed by atoms with E-state index < -0.39 is 0 Å². The minimum Gasteiger partial charge on any atom is -0.345 e. The Kier molecular flexibility index (Phi) is 4.52. The molecule has 0 aliphatic heterocycles. The number of imidazole rings is 1. The summed E-state index contributed by atoms with van der Waals surface area (Å²) in [5.41, 5.74) is 2.77. The fraction of sp³-hybridized carbons (Fsp3) is 0.0526. The van der Waals surface area contributed by atoms with Crippen molar-refractivity contribution in [3.63, 3.8) is 0 Å². The summed E-state index contributed by atoms with van der Waals surface area (Å²) in [4.78, 5) is 25.3. The van der Waals surface area contributed by atoms with Gasteiger partial charge in [-0.15, -0.1) is 0 Å². The number of rotatable bonds is 4. The van der Waals surface area contributed by atoms with Gasteiger partial charge in [-0.3, -0.25) is 14.2 Å².